The summed E-state index contributed by atoms with van der Waals surface area (Å²) in [5.41, 5.74) is 8.66. The van der Waals surface area contributed by atoms with Gasteiger partial charge in [0.15, 0.2) is 0 Å². The van der Waals surface area contributed by atoms with E-state index in [0.29, 0.717) is 5.69 Å². The van der Waals surface area contributed by atoms with Crippen molar-refractivity contribution >= 4 is 0 Å². The lowest BCUT2D eigenvalue weighted by Gasteiger charge is -1.93. The molecule has 1 heterocycles. The van der Waals surface area contributed by atoms with E-state index >= 15 is 0 Å². The maximum absolute atomic E-state index is 11.8. The van der Waals surface area contributed by atoms with Gasteiger partial charge >= 0.3 is 0 Å². The molecule has 0 bridgehead atoms. The highest BCUT2D eigenvalue weighted by Crippen LogP contribution is 1.97. The lowest BCUT2D eigenvalue weighted by Crippen LogP contribution is -2.00. The van der Waals surface area contributed by atoms with Gasteiger partial charge < -0.3 is 0 Å². The highest BCUT2D eigenvalue weighted by molar-refractivity contribution is 4.98. The quantitative estimate of drug-likeness (QED) is 0.384. The molecular weight excluding hydrogens is 161 g/mol. The van der Waals surface area contributed by atoms with Crippen molar-refractivity contribution < 1.29 is 4.39 Å². The summed E-state index contributed by atoms with van der Waals surface area (Å²) in [6, 6.07) is 1.70. The lowest BCUT2D eigenvalue weighted by molar-refractivity contribution is 0.426. The summed E-state index contributed by atoms with van der Waals surface area (Å²) in [7, 11) is 0. The first-order chi connectivity index (χ1) is 5.86. The van der Waals surface area contributed by atoms with Crippen LogP contribution in [0, 0.1) is 0 Å². The smallest absolute Gasteiger partial charge is 0.109 e. The topological polar surface area (TPSA) is 66.6 Å². The zero-order valence-electron chi connectivity index (χ0n) is 6.39. The molecule has 64 valence electrons. The molecule has 0 fully saturated rings. The number of aromatic nitrogens is 2. The van der Waals surface area contributed by atoms with Gasteiger partial charge in [0.05, 0.1) is 18.8 Å². The van der Waals surface area contributed by atoms with Crippen molar-refractivity contribution in [3.8, 4) is 0 Å². The van der Waals surface area contributed by atoms with Crippen LogP contribution in [-0.2, 0) is 13.1 Å². The van der Waals surface area contributed by atoms with Gasteiger partial charge in [-0.3, -0.25) is 4.68 Å². The Morgan fingerprint density at radius 2 is 2.58 bits per heavy atom. The average molecular weight is 169 g/mol. The molecule has 0 amide bonds. The first-order valence-corrected chi connectivity index (χ1v) is 3.46. The molecule has 0 aromatic carbocycles. The summed E-state index contributed by atoms with van der Waals surface area (Å²) in [5.74, 6) is 0. The van der Waals surface area contributed by atoms with Gasteiger partial charge in [-0.2, -0.15) is 5.10 Å². The van der Waals surface area contributed by atoms with Gasteiger partial charge in [0.25, 0.3) is 0 Å². The molecule has 1 aromatic rings. The van der Waals surface area contributed by atoms with Crippen molar-refractivity contribution in [3.63, 3.8) is 0 Å². The summed E-state index contributed by atoms with van der Waals surface area (Å²) in [4.78, 5) is 2.59. The first kappa shape index (κ1) is 8.55. The molecule has 0 aliphatic carbocycles. The second kappa shape index (κ2) is 4.35. The van der Waals surface area contributed by atoms with E-state index in [4.69, 9.17) is 5.53 Å². The highest BCUT2D eigenvalue weighted by Gasteiger charge is 1.95. The van der Waals surface area contributed by atoms with Crippen LogP contribution >= 0.6 is 0 Å². The van der Waals surface area contributed by atoms with Crippen LogP contribution in [0.1, 0.15) is 5.69 Å². The molecule has 1 aromatic heterocycles. The van der Waals surface area contributed by atoms with Crippen LogP contribution in [0.3, 0.4) is 0 Å². The Bertz CT molecular complexity index is 288. The molecule has 5 nitrogen and oxygen atoms in total. The van der Waals surface area contributed by atoms with Gasteiger partial charge in [0.2, 0.25) is 0 Å². The van der Waals surface area contributed by atoms with Crippen molar-refractivity contribution in [2.75, 3.05) is 6.67 Å². The molecule has 0 aliphatic rings. The molecule has 12 heavy (non-hydrogen) atoms. The first-order valence-electron chi connectivity index (χ1n) is 3.46. The van der Waals surface area contributed by atoms with Crippen molar-refractivity contribution in [3.05, 3.63) is 28.4 Å². The molecule has 1 rings (SSSR count). The Morgan fingerprint density at radius 3 is 3.25 bits per heavy atom. The van der Waals surface area contributed by atoms with Crippen LogP contribution in [0.25, 0.3) is 10.4 Å². The Balaban J connectivity index is 2.57. The van der Waals surface area contributed by atoms with Crippen molar-refractivity contribution in [1.82, 2.24) is 9.78 Å². The molecule has 0 aliphatic heterocycles. The minimum Gasteiger partial charge on any atom is -0.270 e. The van der Waals surface area contributed by atoms with Crippen LogP contribution in [0.2, 0.25) is 0 Å². The molecule has 0 spiro atoms. The van der Waals surface area contributed by atoms with E-state index in [-0.39, 0.29) is 13.1 Å². The van der Waals surface area contributed by atoms with Crippen LogP contribution in [-0.4, -0.2) is 16.5 Å². The summed E-state index contributed by atoms with van der Waals surface area (Å²) in [6.45, 7) is 0.0225. The van der Waals surface area contributed by atoms with Crippen LogP contribution in [0.15, 0.2) is 17.4 Å². The fraction of sp³-hybridized carbons (Fsp3) is 0.500. The maximum atomic E-state index is 11.8. The molecule has 0 saturated carbocycles. The number of hydrogen-bond donors (Lipinski definition) is 0. The molecule has 0 atom stereocenters. The minimum atomic E-state index is -0.442. The second-order valence-electron chi connectivity index (χ2n) is 2.15. The summed E-state index contributed by atoms with van der Waals surface area (Å²) >= 11 is 0. The number of nitrogens with zero attached hydrogens (tertiary/aromatic N) is 5. The summed E-state index contributed by atoms with van der Waals surface area (Å²) < 4.78 is 13.3. The molecule has 0 unspecified atom stereocenters. The molecule has 0 radical (unpaired) electrons. The average Bonchev–Trinajstić information content (AvgIpc) is 2.50. The Hall–Kier alpha value is -1.55. The number of aryl methyl sites for hydroxylation is 1. The van der Waals surface area contributed by atoms with Gasteiger partial charge in [-0.25, -0.2) is 4.39 Å². The van der Waals surface area contributed by atoms with E-state index in [1.807, 2.05) is 0 Å². The number of azide groups is 1. The van der Waals surface area contributed by atoms with E-state index in [9.17, 15) is 4.39 Å². The third-order valence-electron chi connectivity index (χ3n) is 1.31. The maximum Gasteiger partial charge on any atom is 0.109 e. The SMILES string of the molecule is [N-]=[N+]=NCc1ccn(CCF)n1. The third kappa shape index (κ3) is 2.25. The van der Waals surface area contributed by atoms with Crippen molar-refractivity contribution in [2.24, 2.45) is 5.11 Å². The van der Waals surface area contributed by atoms with E-state index in [0.717, 1.165) is 0 Å². The third-order valence-corrected chi connectivity index (χ3v) is 1.31. The minimum absolute atomic E-state index is 0.218. The number of hydrogen-bond acceptors (Lipinski definition) is 2. The van der Waals surface area contributed by atoms with Gasteiger partial charge in [-0.1, -0.05) is 5.11 Å². The standard InChI is InChI=1S/C6H8FN5/c7-2-4-12-3-1-6(10-12)5-9-11-8/h1,3H,2,4-5H2. The zero-order chi connectivity index (χ0) is 8.81. The van der Waals surface area contributed by atoms with Gasteiger partial charge in [0.1, 0.15) is 6.67 Å². The summed E-state index contributed by atoms with van der Waals surface area (Å²) in [6.07, 6.45) is 1.65. The van der Waals surface area contributed by atoms with Gasteiger partial charge in [0, 0.05) is 11.1 Å². The number of halogens is 1. The molecule has 0 saturated heterocycles. The molecule has 0 N–H and O–H groups in total. The second-order valence-corrected chi connectivity index (χ2v) is 2.15. The van der Waals surface area contributed by atoms with E-state index in [1.54, 1.807) is 12.3 Å². The Labute approximate surface area is 68.4 Å². The van der Waals surface area contributed by atoms with Gasteiger partial charge in [-0.05, 0) is 11.6 Å². The Morgan fingerprint density at radius 1 is 1.75 bits per heavy atom. The number of alkyl halides is 1. The largest absolute Gasteiger partial charge is 0.270 e. The lowest BCUT2D eigenvalue weighted by atomic mass is 10.4. The van der Waals surface area contributed by atoms with Crippen molar-refractivity contribution in [1.29, 1.82) is 0 Å². The van der Waals surface area contributed by atoms with Crippen LogP contribution < -0.4 is 0 Å². The predicted octanol–water partition coefficient (Wildman–Crippen LogP) is 1.66. The number of rotatable bonds is 4. The normalized spacial score (nSPS) is 9.42. The fourth-order valence-electron chi connectivity index (χ4n) is 0.803. The fourth-order valence-corrected chi connectivity index (χ4v) is 0.803. The highest BCUT2D eigenvalue weighted by atomic mass is 19.1. The molecular formula is C6H8FN5. The Kier molecular flexibility index (Phi) is 3.10. The van der Waals surface area contributed by atoms with Crippen molar-refractivity contribution in [2.45, 2.75) is 13.1 Å². The zero-order valence-corrected chi connectivity index (χ0v) is 6.39. The predicted molar refractivity (Wildman–Crippen MR) is 41.1 cm³/mol. The van der Waals surface area contributed by atoms with Gasteiger partial charge in [-0.15, -0.1) is 0 Å². The monoisotopic (exact) mass is 169 g/mol. The summed E-state index contributed by atoms with van der Waals surface area (Å²) in [5, 5.41) is 7.28. The molecule has 6 heteroatoms. The van der Waals surface area contributed by atoms with Crippen LogP contribution in [0.4, 0.5) is 4.39 Å². The van der Waals surface area contributed by atoms with E-state index in [2.05, 4.69) is 15.1 Å². The van der Waals surface area contributed by atoms with Crippen LogP contribution in [0.5, 0.6) is 0 Å². The van der Waals surface area contributed by atoms with E-state index < -0.39 is 6.67 Å². The van der Waals surface area contributed by atoms with E-state index in [1.165, 1.54) is 4.68 Å².